The molecule has 2 amide bonds. The molecule has 2 aliphatic heterocycles. The maximum absolute atomic E-state index is 14.5. The van der Waals surface area contributed by atoms with Crippen LogP contribution in [0.2, 0.25) is 0 Å². The van der Waals surface area contributed by atoms with E-state index < -0.39 is 5.54 Å². The van der Waals surface area contributed by atoms with Gasteiger partial charge in [-0.2, -0.15) is 0 Å². The van der Waals surface area contributed by atoms with Crippen LogP contribution < -0.4 is 10.1 Å². The molecule has 2 aromatic carbocycles. The minimum atomic E-state index is -0.626. The molecule has 34 heavy (non-hydrogen) atoms. The van der Waals surface area contributed by atoms with Gasteiger partial charge in [0.15, 0.2) is 0 Å². The van der Waals surface area contributed by atoms with E-state index in [-0.39, 0.29) is 23.7 Å². The monoisotopic (exact) mass is 468 g/mol. The van der Waals surface area contributed by atoms with Crippen molar-refractivity contribution in [2.24, 2.45) is 0 Å². The van der Waals surface area contributed by atoms with E-state index in [0.717, 1.165) is 18.4 Å². The lowest BCUT2D eigenvalue weighted by Gasteiger charge is -2.34. The standard InChI is InChI=1S/C27H33FN2O4/c1-33-22-9-10-24(28)21(16-22)17-27(13-11-25(31)29-27)14-12-26(32)30-15-5-8-23(18-30)34-19-20-6-3-2-4-7-20/h2-4,6-7,9-10,16,23H,5,8,11-15,17-19H2,1H3,(H,29,31). The highest BCUT2D eigenvalue weighted by Crippen LogP contribution is 2.32. The number of likely N-dealkylation sites (tertiary alicyclic amines) is 1. The summed E-state index contributed by atoms with van der Waals surface area (Å²) in [5, 5.41) is 3.04. The Bertz CT molecular complexity index is 999. The molecule has 182 valence electrons. The molecule has 0 aliphatic carbocycles. The summed E-state index contributed by atoms with van der Waals surface area (Å²) in [6.07, 6.45) is 3.93. The highest BCUT2D eigenvalue weighted by molar-refractivity contribution is 5.80. The molecule has 0 spiro atoms. The van der Waals surface area contributed by atoms with Crippen LogP contribution in [-0.4, -0.2) is 48.6 Å². The second-order valence-corrected chi connectivity index (χ2v) is 9.36. The molecule has 6 nitrogen and oxygen atoms in total. The first-order valence-electron chi connectivity index (χ1n) is 12.0. The van der Waals surface area contributed by atoms with Crippen molar-refractivity contribution in [1.82, 2.24) is 10.2 Å². The molecule has 0 saturated carbocycles. The van der Waals surface area contributed by atoms with Gasteiger partial charge in [-0.25, -0.2) is 4.39 Å². The fraction of sp³-hybridized carbons (Fsp3) is 0.481. The van der Waals surface area contributed by atoms with Gasteiger partial charge in [0, 0.05) is 31.5 Å². The third-order valence-electron chi connectivity index (χ3n) is 6.89. The van der Waals surface area contributed by atoms with E-state index in [1.807, 2.05) is 35.2 Å². The lowest BCUT2D eigenvalue weighted by molar-refractivity contribution is -0.136. The molecule has 0 radical (unpaired) electrons. The first kappa shape index (κ1) is 24.2. The van der Waals surface area contributed by atoms with Gasteiger partial charge in [-0.05, 0) is 61.4 Å². The van der Waals surface area contributed by atoms with Crippen molar-refractivity contribution in [2.45, 2.75) is 63.2 Å². The van der Waals surface area contributed by atoms with Gasteiger partial charge in [0.25, 0.3) is 0 Å². The van der Waals surface area contributed by atoms with Crippen LogP contribution in [-0.2, 0) is 27.4 Å². The number of carbonyl (C=O) groups is 2. The number of carbonyl (C=O) groups excluding carboxylic acids is 2. The molecule has 1 N–H and O–H groups in total. The maximum atomic E-state index is 14.5. The van der Waals surface area contributed by atoms with Gasteiger partial charge in [-0.15, -0.1) is 0 Å². The summed E-state index contributed by atoms with van der Waals surface area (Å²) in [4.78, 5) is 27.0. The van der Waals surface area contributed by atoms with Crippen molar-refractivity contribution in [2.75, 3.05) is 20.2 Å². The minimum Gasteiger partial charge on any atom is -0.497 e. The number of nitrogens with one attached hydrogen (secondary N) is 1. The van der Waals surface area contributed by atoms with E-state index >= 15 is 0 Å². The SMILES string of the molecule is COc1ccc(F)c(CC2(CCC(=O)N3CCCC(OCc4ccccc4)C3)CCC(=O)N2)c1. The molecule has 4 rings (SSSR count). The van der Waals surface area contributed by atoms with Gasteiger partial charge in [-0.3, -0.25) is 9.59 Å². The number of rotatable bonds is 9. The van der Waals surface area contributed by atoms with Crippen LogP contribution in [0.3, 0.4) is 0 Å². The summed E-state index contributed by atoms with van der Waals surface area (Å²) >= 11 is 0. The lowest BCUT2D eigenvalue weighted by Crippen LogP contribution is -2.47. The van der Waals surface area contributed by atoms with Crippen LogP contribution in [0.15, 0.2) is 48.5 Å². The van der Waals surface area contributed by atoms with Crippen molar-refractivity contribution >= 4 is 11.8 Å². The van der Waals surface area contributed by atoms with Crippen LogP contribution in [0.5, 0.6) is 5.75 Å². The van der Waals surface area contributed by atoms with Crippen molar-refractivity contribution in [3.05, 3.63) is 65.5 Å². The Labute approximate surface area is 200 Å². The first-order chi connectivity index (χ1) is 16.5. The molecule has 2 fully saturated rings. The molecule has 2 atom stereocenters. The molecular weight excluding hydrogens is 435 g/mol. The number of hydrogen-bond acceptors (Lipinski definition) is 4. The second kappa shape index (κ2) is 11.0. The highest BCUT2D eigenvalue weighted by atomic mass is 19.1. The number of ether oxygens (including phenoxy) is 2. The normalized spacial score (nSPS) is 22.5. The first-order valence-corrected chi connectivity index (χ1v) is 12.0. The fourth-order valence-corrected chi connectivity index (χ4v) is 4.95. The summed E-state index contributed by atoms with van der Waals surface area (Å²) in [6.45, 7) is 1.83. The quantitative estimate of drug-likeness (QED) is 0.604. The number of benzene rings is 2. The third-order valence-corrected chi connectivity index (χ3v) is 6.89. The fourth-order valence-electron chi connectivity index (χ4n) is 4.95. The Morgan fingerprint density at radius 3 is 2.79 bits per heavy atom. The average molecular weight is 469 g/mol. The summed E-state index contributed by atoms with van der Waals surface area (Å²) < 4.78 is 25.8. The molecule has 7 heteroatoms. The predicted molar refractivity (Wildman–Crippen MR) is 127 cm³/mol. The number of halogens is 1. The second-order valence-electron chi connectivity index (χ2n) is 9.36. The van der Waals surface area contributed by atoms with Crippen LogP contribution >= 0.6 is 0 Å². The molecule has 2 unspecified atom stereocenters. The van der Waals surface area contributed by atoms with Crippen LogP contribution in [0, 0.1) is 5.82 Å². The van der Waals surface area contributed by atoms with Gasteiger partial charge < -0.3 is 19.7 Å². The topological polar surface area (TPSA) is 67.9 Å². The molecular formula is C27H33FN2O4. The smallest absolute Gasteiger partial charge is 0.222 e. The van der Waals surface area contributed by atoms with Crippen molar-refractivity contribution < 1.29 is 23.5 Å². The summed E-state index contributed by atoms with van der Waals surface area (Å²) in [7, 11) is 1.54. The lowest BCUT2D eigenvalue weighted by atomic mass is 9.84. The minimum absolute atomic E-state index is 0.0175. The molecule has 2 saturated heterocycles. The van der Waals surface area contributed by atoms with Crippen LogP contribution in [0.4, 0.5) is 4.39 Å². The van der Waals surface area contributed by atoms with Crippen LogP contribution in [0.1, 0.15) is 49.7 Å². The van der Waals surface area contributed by atoms with Gasteiger partial charge >= 0.3 is 0 Å². The van der Waals surface area contributed by atoms with Crippen molar-refractivity contribution in [3.63, 3.8) is 0 Å². The van der Waals surface area contributed by atoms with E-state index in [2.05, 4.69) is 5.32 Å². The summed E-state index contributed by atoms with van der Waals surface area (Å²) in [5.41, 5.74) is 0.981. The van der Waals surface area contributed by atoms with E-state index in [1.54, 1.807) is 12.1 Å². The zero-order valence-corrected chi connectivity index (χ0v) is 19.7. The number of methoxy groups -OCH3 is 1. The van der Waals surface area contributed by atoms with Gasteiger partial charge in [-0.1, -0.05) is 30.3 Å². The van der Waals surface area contributed by atoms with Crippen LogP contribution in [0.25, 0.3) is 0 Å². The molecule has 2 aliphatic rings. The van der Waals surface area contributed by atoms with Gasteiger partial charge in [0.2, 0.25) is 11.8 Å². The van der Waals surface area contributed by atoms with E-state index in [4.69, 9.17) is 9.47 Å². The molecule has 2 aromatic rings. The Morgan fingerprint density at radius 2 is 2.06 bits per heavy atom. The Balaban J connectivity index is 1.35. The molecule has 0 bridgehead atoms. The molecule has 2 heterocycles. The number of amides is 2. The largest absolute Gasteiger partial charge is 0.497 e. The predicted octanol–water partition coefficient (Wildman–Crippen LogP) is 4.01. The van der Waals surface area contributed by atoms with Gasteiger partial charge in [0.05, 0.1) is 19.8 Å². The number of piperidine rings is 1. The maximum Gasteiger partial charge on any atom is 0.222 e. The third kappa shape index (κ3) is 6.14. The van der Waals surface area contributed by atoms with Crippen molar-refractivity contribution in [1.29, 1.82) is 0 Å². The highest BCUT2D eigenvalue weighted by Gasteiger charge is 2.39. The average Bonchev–Trinajstić information content (AvgIpc) is 3.24. The Morgan fingerprint density at radius 1 is 1.24 bits per heavy atom. The Kier molecular flexibility index (Phi) is 7.83. The molecule has 0 aromatic heterocycles. The van der Waals surface area contributed by atoms with E-state index in [9.17, 15) is 14.0 Å². The van der Waals surface area contributed by atoms with Crippen molar-refractivity contribution in [3.8, 4) is 5.75 Å². The Hall–Kier alpha value is -2.93. The summed E-state index contributed by atoms with van der Waals surface area (Å²) in [5.74, 6) is 0.242. The summed E-state index contributed by atoms with van der Waals surface area (Å²) in [6, 6.07) is 14.7. The zero-order chi connectivity index (χ0) is 24.0. The van der Waals surface area contributed by atoms with Gasteiger partial charge in [0.1, 0.15) is 11.6 Å². The number of nitrogens with zero attached hydrogens (tertiary/aromatic N) is 1. The van der Waals surface area contributed by atoms with E-state index in [1.165, 1.54) is 13.2 Å². The number of hydrogen-bond donors (Lipinski definition) is 1. The van der Waals surface area contributed by atoms with E-state index in [0.29, 0.717) is 63.1 Å². The zero-order valence-electron chi connectivity index (χ0n) is 19.7.